The summed E-state index contributed by atoms with van der Waals surface area (Å²) in [5.41, 5.74) is 3.77. The van der Waals surface area contributed by atoms with Crippen LogP contribution < -0.4 is 10.2 Å². The second kappa shape index (κ2) is 4.98. The number of fused-ring (bicyclic) bond motifs is 1. The van der Waals surface area contributed by atoms with Gasteiger partial charge in [-0.3, -0.25) is 4.79 Å². The number of benzene rings is 2. The SMILES string of the molecule is CN(C(=O)c1ccc2c(c1)CNC2)c1cccc(O)c1. The largest absolute Gasteiger partial charge is 0.508 e. The average Bonchev–Trinajstić information content (AvgIpc) is 2.93. The van der Waals surface area contributed by atoms with Crippen molar-refractivity contribution in [2.24, 2.45) is 0 Å². The molecule has 1 aliphatic heterocycles. The molecule has 2 N–H and O–H groups in total. The molecule has 0 fully saturated rings. The van der Waals surface area contributed by atoms with Crippen molar-refractivity contribution in [3.8, 4) is 5.75 Å². The molecule has 0 aliphatic carbocycles. The Labute approximate surface area is 117 Å². The van der Waals surface area contributed by atoms with Gasteiger partial charge in [-0.15, -0.1) is 0 Å². The van der Waals surface area contributed by atoms with Crippen molar-refractivity contribution in [3.63, 3.8) is 0 Å². The molecule has 2 aromatic carbocycles. The van der Waals surface area contributed by atoms with E-state index in [2.05, 4.69) is 5.32 Å². The predicted octanol–water partition coefficient (Wildman–Crippen LogP) is 2.27. The molecule has 0 radical (unpaired) electrons. The lowest BCUT2D eigenvalue weighted by molar-refractivity contribution is 0.0993. The van der Waals surface area contributed by atoms with Gasteiger partial charge in [0.2, 0.25) is 0 Å². The van der Waals surface area contributed by atoms with Crippen LogP contribution in [0, 0.1) is 0 Å². The summed E-state index contributed by atoms with van der Waals surface area (Å²) in [6.07, 6.45) is 0. The van der Waals surface area contributed by atoms with Gasteiger partial charge in [0.25, 0.3) is 5.91 Å². The van der Waals surface area contributed by atoms with Crippen LogP contribution in [-0.2, 0) is 13.1 Å². The monoisotopic (exact) mass is 268 g/mol. The molecule has 0 unspecified atom stereocenters. The van der Waals surface area contributed by atoms with E-state index in [0.29, 0.717) is 11.3 Å². The van der Waals surface area contributed by atoms with Crippen molar-refractivity contribution < 1.29 is 9.90 Å². The second-order valence-electron chi connectivity index (χ2n) is 4.97. The third-order valence-electron chi connectivity index (χ3n) is 3.61. The number of anilines is 1. The lowest BCUT2D eigenvalue weighted by Crippen LogP contribution is -2.26. The molecule has 102 valence electrons. The Balaban J connectivity index is 1.88. The number of phenolic OH excluding ortho intramolecular Hbond substituents is 1. The number of nitrogens with one attached hydrogen (secondary N) is 1. The number of rotatable bonds is 2. The zero-order chi connectivity index (χ0) is 14.1. The third kappa shape index (κ3) is 2.26. The fraction of sp³-hybridized carbons (Fsp3) is 0.188. The van der Waals surface area contributed by atoms with Crippen LogP contribution in [0.3, 0.4) is 0 Å². The Hall–Kier alpha value is -2.33. The first-order chi connectivity index (χ1) is 9.65. The summed E-state index contributed by atoms with van der Waals surface area (Å²) in [6.45, 7) is 1.68. The van der Waals surface area contributed by atoms with Gasteiger partial charge in [-0.1, -0.05) is 12.1 Å². The molecule has 0 atom stereocenters. The average molecular weight is 268 g/mol. The van der Waals surface area contributed by atoms with Gasteiger partial charge < -0.3 is 15.3 Å². The molecule has 1 amide bonds. The highest BCUT2D eigenvalue weighted by atomic mass is 16.3. The number of hydrogen-bond acceptors (Lipinski definition) is 3. The number of carbonyl (C=O) groups excluding carboxylic acids is 1. The van der Waals surface area contributed by atoms with Crippen LogP contribution in [0.4, 0.5) is 5.69 Å². The van der Waals surface area contributed by atoms with Gasteiger partial charge in [-0.05, 0) is 35.4 Å². The van der Waals surface area contributed by atoms with E-state index in [-0.39, 0.29) is 11.7 Å². The van der Waals surface area contributed by atoms with Crippen molar-refractivity contribution in [1.82, 2.24) is 5.32 Å². The first-order valence-corrected chi connectivity index (χ1v) is 6.55. The zero-order valence-corrected chi connectivity index (χ0v) is 11.3. The van der Waals surface area contributed by atoms with Gasteiger partial charge in [0.1, 0.15) is 5.75 Å². The predicted molar refractivity (Wildman–Crippen MR) is 77.8 cm³/mol. The Bertz CT molecular complexity index is 667. The van der Waals surface area contributed by atoms with E-state index in [4.69, 9.17) is 0 Å². The summed E-state index contributed by atoms with van der Waals surface area (Å²) in [5.74, 6) is 0.0746. The molecule has 3 rings (SSSR count). The molecule has 4 nitrogen and oxygen atoms in total. The highest BCUT2D eigenvalue weighted by Gasteiger charge is 2.17. The standard InChI is InChI=1S/C16H16N2O2/c1-18(14-3-2-4-15(19)8-14)16(20)11-5-6-12-9-17-10-13(12)7-11/h2-8,17,19H,9-10H2,1H3. The number of phenols is 1. The molecule has 20 heavy (non-hydrogen) atoms. The Morgan fingerprint density at radius 3 is 2.75 bits per heavy atom. The maximum atomic E-state index is 12.5. The van der Waals surface area contributed by atoms with E-state index in [9.17, 15) is 9.90 Å². The van der Waals surface area contributed by atoms with Crippen LogP contribution in [0.2, 0.25) is 0 Å². The fourth-order valence-electron chi connectivity index (χ4n) is 2.44. The number of hydrogen-bond donors (Lipinski definition) is 2. The smallest absolute Gasteiger partial charge is 0.258 e. The molecule has 0 saturated carbocycles. The summed E-state index contributed by atoms with van der Waals surface area (Å²) in [5, 5.41) is 12.8. The number of carbonyl (C=O) groups is 1. The van der Waals surface area contributed by atoms with Gasteiger partial charge >= 0.3 is 0 Å². The highest BCUT2D eigenvalue weighted by molar-refractivity contribution is 6.06. The molecule has 0 aromatic heterocycles. The highest BCUT2D eigenvalue weighted by Crippen LogP contribution is 2.22. The number of aromatic hydroxyl groups is 1. The second-order valence-corrected chi connectivity index (χ2v) is 4.97. The molecule has 0 saturated heterocycles. The molecule has 4 heteroatoms. The van der Waals surface area contributed by atoms with E-state index in [1.54, 1.807) is 36.2 Å². The van der Waals surface area contributed by atoms with Crippen LogP contribution in [0.5, 0.6) is 5.75 Å². The van der Waals surface area contributed by atoms with Gasteiger partial charge in [-0.2, -0.15) is 0 Å². The summed E-state index contributed by atoms with van der Waals surface area (Å²) >= 11 is 0. The van der Waals surface area contributed by atoms with Gasteiger partial charge in [0.15, 0.2) is 0 Å². The van der Waals surface area contributed by atoms with Crippen molar-refractivity contribution >= 4 is 11.6 Å². The van der Waals surface area contributed by atoms with E-state index >= 15 is 0 Å². The van der Waals surface area contributed by atoms with Crippen LogP contribution in [0.15, 0.2) is 42.5 Å². The zero-order valence-electron chi connectivity index (χ0n) is 11.3. The van der Waals surface area contributed by atoms with E-state index in [1.165, 1.54) is 11.1 Å². The maximum absolute atomic E-state index is 12.5. The fourth-order valence-corrected chi connectivity index (χ4v) is 2.44. The van der Waals surface area contributed by atoms with Crippen LogP contribution in [0.25, 0.3) is 0 Å². The molecule has 0 spiro atoms. The lowest BCUT2D eigenvalue weighted by atomic mass is 10.1. The molecule has 0 bridgehead atoms. The van der Waals surface area contributed by atoms with Crippen molar-refractivity contribution in [3.05, 3.63) is 59.2 Å². The quantitative estimate of drug-likeness (QED) is 0.878. The van der Waals surface area contributed by atoms with Crippen LogP contribution in [-0.4, -0.2) is 18.1 Å². The minimum atomic E-state index is -0.0784. The van der Waals surface area contributed by atoms with Crippen LogP contribution >= 0.6 is 0 Å². The van der Waals surface area contributed by atoms with Gasteiger partial charge in [-0.25, -0.2) is 0 Å². The topological polar surface area (TPSA) is 52.6 Å². The Kier molecular flexibility index (Phi) is 3.16. The van der Waals surface area contributed by atoms with E-state index < -0.39 is 0 Å². The van der Waals surface area contributed by atoms with E-state index in [1.807, 2.05) is 18.2 Å². The minimum Gasteiger partial charge on any atom is -0.508 e. The molecule has 2 aromatic rings. The van der Waals surface area contributed by atoms with Crippen molar-refractivity contribution in [2.45, 2.75) is 13.1 Å². The summed E-state index contributed by atoms with van der Waals surface area (Å²) in [6, 6.07) is 12.5. The minimum absolute atomic E-state index is 0.0784. The van der Waals surface area contributed by atoms with Crippen molar-refractivity contribution in [2.75, 3.05) is 11.9 Å². The molecule has 1 aliphatic rings. The van der Waals surface area contributed by atoms with Gasteiger partial charge in [0, 0.05) is 37.5 Å². The third-order valence-corrected chi connectivity index (χ3v) is 3.61. The summed E-state index contributed by atoms with van der Waals surface area (Å²) in [7, 11) is 1.71. The van der Waals surface area contributed by atoms with Crippen LogP contribution in [0.1, 0.15) is 21.5 Å². The van der Waals surface area contributed by atoms with Crippen molar-refractivity contribution in [1.29, 1.82) is 0 Å². The molecular formula is C16H16N2O2. The molecular weight excluding hydrogens is 252 g/mol. The first kappa shape index (κ1) is 12.7. The summed E-state index contributed by atoms with van der Waals surface area (Å²) in [4.78, 5) is 14.0. The summed E-state index contributed by atoms with van der Waals surface area (Å²) < 4.78 is 0. The maximum Gasteiger partial charge on any atom is 0.258 e. The first-order valence-electron chi connectivity index (χ1n) is 6.55. The lowest BCUT2D eigenvalue weighted by Gasteiger charge is -2.18. The normalized spacial score (nSPS) is 13.1. The number of amides is 1. The Morgan fingerprint density at radius 1 is 1.15 bits per heavy atom. The van der Waals surface area contributed by atoms with E-state index in [0.717, 1.165) is 13.1 Å². The number of nitrogens with zero attached hydrogens (tertiary/aromatic N) is 1. The Morgan fingerprint density at radius 2 is 1.95 bits per heavy atom. The molecule has 1 heterocycles. The van der Waals surface area contributed by atoms with Gasteiger partial charge in [0.05, 0.1) is 0 Å².